The number of para-hydroxylation sites is 1. The molecule has 0 fully saturated rings. The predicted octanol–water partition coefficient (Wildman–Crippen LogP) is 6.63. The maximum Gasteiger partial charge on any atom is 0.123 e. The fraction of sp³-hybridized carbons (Fsp3) is 0.0714. The molecule has 1 aliphatic heterocycles. The van der Waals surface area contributed by atoms with Crippen LogP contribution in [0.25, 0.3) is 0 Å². The summed E-state index contributed by atoms with van der Waals surface area (Å²) in [6.45, 7) is 0. The second-order valence-electron chi connectivity index (χ2n) is 7.86. The summed E-state index contributed by atoms with van der Waals surface area (Å²) < 4.78 is 13.5. The summed E-state index contributed by atoms with van der Waals surface area (Å²) in [4.78, 5) is 0. The number of nitrogens with zero attached hydrogens (tertiary/aromatic N) is 3. The van der Waals surface area contributed by atoms with Gasteiger partial charge < -0.3 is 0 Å². The van der Waals surface area contributed by atoms with Crippen LogP contribution in [0.3, 0.4) is 0 Å². The van der Waals surface area contributed by atoms with Crippen molar-refractivity contribution < 1.29 is 4.39 Å². The number of nitrogens with one attached hydrogen (secondary N) is 1. The SMILES string of the molecule is Fc1ccc(C2CC(c3ccccc3)=NN2c2ccc(/C=N/Nc3ccccc3)cc2)cc1. The molecule has 1 N–H and O–H groups in total. The molecule has 1 heterocycles. The lowest BCUT2D eigenvalue weighted by atomic mass is 9.98. The van der Waals surface area contributed by atoms with E-state index < -0.39 is 0 Å². The summed E-state index contributed by atoms with van der Waals surface area (Å²) in [6.07, 6.45) is 2.54. The average molecular weight is 435 g/mol. The van der Waals surface area contributed by atoms with Crippen LogP contribution in [-0.2, 0) is 0 Å². The molecule has 4 aromatic rings. The highest BCUT2D eigenvalue weighted by Gasteiger charge is 2.29. The monoisotopic (exact) mass is 434 g/mol. The number of anilines is 2. The second-order valence-corrected chi connectivity index (χ2v) is 7.86. The fourth-order valence-corrected chi connectivity index (χ4v) is 3.91. The van der Waals surface area contributed by atoms with Crippen LogP contribution in [-0.4, -0.2) is 11.9 Å². The normalized spacial score (nSPS) is 15.6. The first kappa shape index (κ1) is 20.6. The zero-order valence-electron chi connectivity index (χ0n) is 18.0. The Labute approximate surface area is 192 Å². The van der Waals surface area contributed by atoms with Gasteiger partial charge in [-0.2, -0.15) is 10.2 Å². The van der Waals surface area contributed by atoms with Gasteiger partial charge in [-0.15, -0.1) is 0 Å². The molecule has 5 rings (SSSR count). The van der Waals surface area contributed by atoms with E-state index in [0.717, 1.165) is 40.2 Å². The number of hydrazone groups is 2. The van der Waals surface area contributed by atoms with Crippen LogP contribution in [0, 0.1) is 5.82 Å². The molecule has 0 bridgehead atoms. The molecule has 4 aromatic carbocycles. The molecule has 1 unspecified atom stereocenters. The number of hydrogen-bond acceptors (Lipinski definition) is 4. The first-order valence-corrected chi connectivity index (χ1v) is 10.9. The highest BCUT2D eigenvalue weighted by Crippen LogP contribution is 2.36. The summed E-state index contributed by atoms with van der Waals surface area (Å²) in [7, 11) is 0. The molecule has 0 amide bonds. The molecule has 0 aliphatic carbocycles. The van der Waals surface area contributed by atoms with E-state index in [1.54, 1.807) is 6.21 Å². The molecular formula is C28H23FN4. The summed E-state index contributed by atoms with van der Waals surface area (Å²) >= 11 is 0. The van der Waals surface area contributed by atoms with E-state index in [1.165, 1.54) is 12.1 Å². The Hall–Kier alpha value is -4.25. The van der Waals surface area contributed by atoms with Crippen molar-refractivity contribution in [3.63, 3.8) is 0 Å². The topological polar surface area (TPSA) is 40.0 Å². The van der Waals surface area contributed by atoms with Crippen LogP contribution < -0.4 is 10.4 Å². The summed E-state index contributed by atoms with van der Waals surface area (Å²) in [5.74, 6) is -0.236. The van der Waals surface area contributed by atoms with Gasteiger partial charge in [0.1, 0.15) is 5.82 Å². The minimum atomic E-state index is -0.236. The molecular weight excluding hydrogens is 411 g/mol. The van der Waals surface area contributed by atoms with Crippen molar-refractivity contribution in [1.82, 2.24) is 0 Å². The summed E-state index contributed by atoms with van der Waals surface area (Å²) in [5, 5.41) is 11.3. The number of rotatable bonds is 6. The second kappa shape index (κ2) is 9.49. The molecule has 0 aromatic heterocycles. The predicted molar refractivity (Wildman–Crippen MR) is 133 cm³/mol. The third-order valence-corrected chi connectivity index (χ3v) is 5.61. The zero-order chi connectivity index (χ0) is 22.5. The van der Waals surface area contributed by atoms with Crippen molar-refractivity contribution >= 4 is 23.3 Å². The molecule has 0 saturated heterocycles. The van der Waals surface area contributed by atoms with Crippen LogP contribution in [0.2, 0.25) is 0 Å². The van der Waals surface area contributed by atoms with Gasteiger partial charge in [-0.1, -0.05) is 72.8 Å². The Kier molecular flexibility index (Phi) is 5.93. The Morgan fingerprint density at radius 3 is 2.18 bits per heavy atom. The average Bonchev–Trinajstić information content (AvgIpc) is 3.32. The number of benzene rings is 4. The standard InChI is InChI=1S/C28H23FN4/c29-24-15-13-23(14-16-24)28-19-27(22-7-3-1-4-8-22)32-33(28)26-17-11-21(12-18-26)20-30-31-25-9-5-2-6-10-25/h1-18,20,28,31H,19H2/b30-20+. The maximum atomic E-state index is 13.5. The van der Waals surface area contributed by atoms with Crippen LogP contribution in [0.5, 0.6) is 0 Å². The van der Waals surface area contributed by atoms with Gasteiger partial charge in [0.2, 0.25) is 0 Å². The molecule has 33 heavy (non-hydrogen) atoms. The van der Waals surface area contributed by atoms with Gasteiger partial charge in [-0.3, -0.25) is 10.4 Å². The highest BCUT2D eigenvalue weighted by atomic mass is 19.1. The summed E-state index contributed by atoms with van der Waals surface area (Å²) in [6, 6.07) is 34.8. The van der Waals surface area contributed by atoms with Gasteiger partial charge in [-0.05, 0) is 53.1 Å². The minimum absolute atomic E-state index is 0.0000653. The van der Waals surface area contributed by atoms with Crippen molar-refractivity contribution in [2.75, 3.05) is 10.4 Å². The first-order valence-electron chi connectivity index (χ1n) is 10.9. The van der Waals surface area contributed by atoms with Crippen molar-refractivity contribution in [3.05, 3.63) is 132 Å². The van der Waals surface area contributed by atoms with E-state index in [0.29, 0.717) is 0 Å². The van der Waals surface area contributed by atoms with Gasteiger partial charge in [0, 0.05) is 6.42 Å². The van der Waals surface area contributed by atoms with Crippen molar-refractivity contribution in [2.24, 2.45) is 10.2 Å². The fourth-order valence-electron chi connectivity index (χ4n) is 3.91. The van der Waals surface area contributed by atoms with E-state index in [-0.39, 0.29) is 11.9 Å². The van der Waals surface area contributed by atoms with Gasteiger partial charge in [0.05, 0.1) is 29.3 Å². The van der Waals surface area contributed by atoms with Gasteiger partial charge in [0.25, 0.3) is 0 Å². The van der Waals surface area contributed by atoms with E-state index in [9.17, 15) is 4.39 Å². The van der Waals surface area contributed by atoms with E-state index >= 15 is 0 Å². The molecule has 0 radical (unpaired) electrons. The van der Waals surface area contributed by atoms with E-state index in [1.807, 2.05) is 89.9 Å². The lowest BCUT2D eigenvalue weighted by molar-refractivity contribution is 0.624. The molecule has 1 aliphatic rings. The quantitative estimate of drug-likeness (QED) is 0.273. The molecule has 5 heteroatoms. The van der Waals surface area contributed by atoms with Gasteiger partial charge in [-0.25, -0.2) is 4.39 Å². The largest absolute Gasteiger partial charge is 0.279 e. The summed E-state index contributed by atoms with van der Waals surface area (Å²) in [5.41, 5.74) is 9.07. The van der Waals surface area contributed by atoms with E-state index in [4.69, 9.17) is 5.10 Å². The maximum absolute atomic E-state index is 13.5. The molecule has 0 spiro atoms. The van der Waals surface area contributed by atoms with Crippen LogP contribution in [0.1, 0.15) is 29.2 Å². The highest BCUT2D eigenvalue weighted by molar-refractivity contribution is 6.03. The van der Waals surface area contributed by atoms with Gasteiger partial charge in [0.15, 0.2) is 0 Å². The first-order chi connectivity index (χ1) is 16.3. The van der Waals surface area contributed by atoms with Crippen LogP contribution in [0.15, 0.2) is 119 Å². The van der Waals surface area contributed by atoms with Crippen molar-refractivity contribution in [3.8, 4) is 0 Å². The van der Waals surface area contributed by atoms with Crippen LogP contribution in [0.4, 0.5) is 15.8 Å². The Morgan fingerprint density at radius 2 is 1.48 bits per heavy atom. The smallest absolute Gasteiger partial charge is 0.123 e. The third-order valence-electron chi connectivity index (χ3n) is 5.61. The number of hydrogen-bond donors (Lipinski definition) is 1. The minimum Gasteiger partial charge on any atom is -0.279 e. The number of halogens is 1. The Bertz CT molecular complexity index is 1250. The molecule has 162 valence electrons. The van der Waals surface area contributed by atoms with Crippen LogP contribution >= 0.6 is 0 Å². The van der Waals surface area contributed by atoms with E-state index in [2.05, 4.69) is 22.7 Å². The molecule has 4 nitrogen and oxygen atoms in total. The Balaban J connectivity index is 1.39. The van der Waals surface area contributed by atoms with Crippen molar-refractivity contribution in [1.29, 1.82) is 0 Å². The molecule has 0 saturated carbocycles. The Morgan fingerprint density at radius 1 is 0.818 bits per heavy atom. The molecule has 1 atom stereocenters. The lowest BCUT2D eigenvalue weighted by Gasteiger charge is -2.24. The third kappa shape index (κ3) is 4.83. The zero-order valence-corrected chi connectivity index (χ0v) is 18.0. The van der Waals surface area contributed by atoms with Gasteiger partial charge >= 0.3 is 0 Å². The van der Waals surface area contributed by atoms with Crippen molar-refractivity contribution in [2.45, 2.75) is 12.5 Å². The lowest BCUT2D eigenvalue weighted by Crippen LogP contribution is -2.18.